The molecule has 0 aromatic rings. The van der Waals surface area contributed by atoms with Crippen molar-refractivity contribution in [3.05, 3.63) is 0 Å². The molecule has 78 valence electrons. The largest absolute Gasteiger partial charge is 0.468 e. The third-order valence-electron chi connectivity index (χ3n) is 1.75. The molecule has 0 bridgehead atoms. The highest BCUT2D eigenvalue weighted by molar-refractivity contribution is 5.87. The van der Waals surface area contributed by atoms with Crippen LogP contribution in [0.3, 0.4) is 0 Å². The molecule has 0 spiro atoms. The van der Waals surface area contributed by atoms with Gasteiger partial charge < -0.3 is 9.64 Å². The third kappa shape index (κ3) is 3.05. The minimum absolute atomic E-state index is 0.138. The van der Waals surface area contributed by atoms with Crippen LogP contribution in [0.4, 0.5) is 0 Å². The van der Waals surface area contributed by atoms with Gasteiger partial charge in [0.05, 0.1) is 13.2 Å². The van der Waals surface area contributed by atoms with Crippen LogP contribution < -0.4 is 0 Å². The predicted molar refractivity (Wildman–Crippen MR) is 49.0 cm³/mol. The minimum atomic E-state index is -1.11. The standard InChI is InChI=1S/C9H14N2O3/c1-9(2,6-10)8(13)11(3)5-7(12)14-4/h5H2,1-4H3. The average molecular weight is 198 g/mol. The minimum Gasteiger partial charge on any atom is -0.468 e. The van der Waals surface area contributed by atoms with Crippen molar-refractivity contribution >= 4 is 11.9 Å². The smallest absolute Gasteiger partial charge is 0.325 e. The van der Waals surface area contributed by atoms with Gasteiger partial charge in [0.1, 0.15) is 12.0 Å². The monoisotopic (exact) mass is 198 g/mol. The van der Waals surface area contributed by atoms with Crippen molar-refractivity contribution in [1.82, 2.24) is 4.90 Å². The zero-order valence-corrected chi connectivity index (χ0v) is 8.83. The van der Waals surface area contributed by atoms with Gasteiger partial charge >= 0.3 is 5.97 Å². The number of carbonyl (C=O) groups excluding carboxylic acids is 2. The van der Waals surface area contributed by atoms with E-state index in [1.165, 1.54) is 32.9 Å². The highest BCUT2D eigenvalue weighted by Crippen LogP contribution is 2.16. The molecule has 14 heavy (non-hydrogen) atoms. The molecule has 0 aliphatic heterocycles. The van der Waals surface area contributed by atoms with Crippen molar-refractivity contribution < 1.29 is 14.3 Å². The van der Waals surface area contributed by atoms with Crippen LogP contribution in [0.1, 0.15) is 13.8 Å². The number of carbonyl (C=O) groups is 2. The summed E-state index contributed by atoms with van der Waals surface area (Å²) < 4.78 is 4.40. The van der Waals surface area contributed by atoms with Crippen LogP contribution in [0.25, 0.3) is 0 Å². The summed E-state index contributed by atoms with van der Waals surface area (Å²) in [6.45, 7) is 2.87. The number of esters is 1. The molecule has 0 N–H and O–H groups in total. The van der Waals surface area contributed by atoms with Crippen LogP contribution in [0.15, 0.2) is 0 Å². The fraction of sp³-hybridized carbons (Fsp3) is 0.667. The normalized spacial score (nSPS) is 10.2. The van der Waals surface area contributed by atoms with Crippen molar-refractivity contribution in [3.63, 3.8) is 0 Å². The Morgan fingerprint density at radius 1 is 1.50 bits per heavy atom. The second-order valence-electron chi connectivity index (χ2n) is 3.47. The van der Waals surface area contributed by atoms with Gasteiger partial charge in [0.25, 0.3) is 0 Å². The molecule has 0 aromatic heterocycles. The number of ether oxygens (including phenoxy) is 1. The Morgan fingerprint density at radius 2 is 2.00 bits per heavy atom. The molecule has 1 amide bonds. The van der Waals surface area contributed by atoms with E-state index in [0.717, 1.165) is 0 Å². The van der Waals surface area contributed by atoms with Gasteiger partial charge in [-0.1, -0.05) is 0 Å². The van der Waals surface area contributed by atoms with Crippen LogP contribution in [0.5, 0.6) is 0 Å². The van der Waals surface area contributed by atoms with Gasteiger partial charge in [0.15, 0.2) is 0 Å². The van der Waals surface area contributed by atoms with Gasteiger partial charge in [-0.15, -0.1) is 0 Å². The van der Waals surface area contributed by atoms with Gasteiger partial charge in [0, 0.05) is 7.05 Å². The van der Waals surface area contributed by atoms with E-state index in [4.69, 9.17) is 5.26 Å². The number of hydrogen-bond acceptors (Lipinski definition) is 4. The third-order valence-corrected chi connectivity index (χ3v) is 1.75. The Balaban J connectivity index is 4.43. The lowest BCUT2D eigenvalue weighted by molar-refractivity contribution is -0.148. The highest BCUT2D eigenvalue weighted by Gasteiger charge is 2.31. The van der Waals surface area contributed by atoms with E-state index >= 15 is 0 Å². The average Bonchev–Trinajstić information content (AvgIpc) is 2.16. The summed E-state index contributed by atoms with van der Waals surface area (Å²) in [4.78, 5) is 23.6. The Morgan fingerprint density at radius 3 is 2.36 bits per heavy atom. The van der Waals surface area contributed by atoms with Crippen LogP contribution in [0, 0.1) is 16.7 Å². The number of likely N-dealkylation sites (N-methyl/N-ethyl adjacent to an activating group) is 1. The molecule has 0 saturated carbocycles. The van der Waals surface area contributed by atoms with Gasteiger partial charge in [-0.2, -0.15) is 5.26 Å². The van der Waals surface area contributed by atoms with Crippen molar-refractivity contribution in [2.75, 3.05) is 20.7 Å². The van der Waals surface area contributed by atoms with Crippen LogP contribution in [0.2, 0.25) is 0 Å². The van der Waals surface area contributed by atoms with Gasteiger partial charge in [-0.05, 0) is 13.8 Å². The topological polar surface area (TPSA) is 70.4 Å². The molecule has 0 aliphatic rings. The van der Waals surface area contributed by atoms with Crippen LogP contribution in [-0.2, 0) is 14.3 Å². The zero-order chi connectivity index (χ0) is 11.4. The molecule has 0 rings (SSSR count). The molecule has 0 atom stereocenters. The van der Waals surface area contributed by atoms with E-state index in [1.807, 2.05) is 6.07 Å². The van der Waals surface area contributed by atoms with E-state index in [9.17, 15) is 9.59 Å². The van der Waals surface area contributed by atoms with E-state index < -0.39 is 17.3 Å². The Labute approximate surface area is 83.2 Å². The van der Waals surface area contributed by atoms with Gasteiger partial charge in [-0.3, -0.25) is 9.59 Å². The van der Waals surface area contributed by atoms with Crippen molar-refractivity contribution in [1.29, 1.82) is 5.26 Å². The molecular weight excluding hydrogens is 184 g/mol. The molecule has 0 heterocycles. The summed E-state index contributed by atoms with van der Waals surface area (Å²) >= 11 is 0. The predicted octanol–water partition coefficient (Wildman–Crippen LogP) is 0.168. The zero-order valence-electron chi connectivity index (χ0n) is 8.83. The first-order valence-electron chi connectivity index (χ1n) is 4.08. The number of rotatable bonds is 3. The quantitative estimate of drug-likeness (QED) is 0.606. The maximum atomic E-state index is 11.5. The second-order valence-corrected chi connectivity index (χ2v) is 3.47. The first kappa shape index (κ1) is 12.4. The Bertz CT molecular complexity index is 278. The fourth-order valence-electron chi connectivity index (χ4n) is 0.855. The Hall–Kier alpha value is -1.57. The first-order valence-corrected chi connectivity index (χ1v) is 4.08. The molecule has 0 aliphatic carbocycles. The Kier molecular flexibility index (Phi) is 4.09. The molecule has 0 aromatic carbocycles. The maximum absolute atomic E-state index is 11.5. The number of nitrogens with zero attached hydrogens (tertiary/aromatic N) is 2. The lowest BCUT2D eigenvalue weighted by atomic mass is 9.94. The van der Waals surface area contributed by atoms with Crippen LogP contribution >= 0.6 is 0 Å². The van der Waals surface area contributed by atoms with Gasteiger partial charge in [0.2, 0.25) is 5.91 Å². The fourth-order valence-corrected chi connectivity index (χ4v) is 0.855. The molecule has 5 heteroatoms. The number of hydrogen-bond donors (Lipinski definition) is 0. The SMILES string of the molecule is COC(=O)CN(C)C(=O)C(C)(C)C#N. The maximum Gasteiger partial charge on any atom is 0.325 e. The molecule has 0 fully saturated rings. The number of methoxy groups -OCH3 is 1. The van der Waals surface area contributed by atoms with Crippen LogP contribution in [-0.4, -0.2) is 37.5 Å². The lowest BCUT2D eigenvalue weighted by Crippen LogP contribution is -2.40. The summed E-state index contributed by atoms with van der Waals surface area (Å²) in [5.41, 5.74) is -1.11. The lowest BCUT2D eigenvalue weighted by Gasteiger charge is -2.22. The molecular formula is C9H14N2O3. The number of amides is 1. The van der Waals surface area contributed by atoms with E-state index in [1.54, 1.807) is 0 Å². The summed E-state index contributed by atoms with van der Waals surface area (Å²) in [5.74, 6) is -0.903. The first-order chi connectivity index (χ1) is 6.35. The second kappa shape index (κ2) is 4.61. The summed E-state index contributed by atoms with van der Waals surface area (Å²) in [7, 11) is 2.70. The van der Waals surface area contributed by atoms with Gasteiger partial charge in [-0.25, -0.2) is 0 Å². The summed E-state index contributed by atoms with van der Waals surface area (Å²) in [5, 5.41) is 8.69. The van der Waals surface area contributed by atoms with E-state index in [0.29, 0.717) is 0 Å². The molecule has 0 unspecified atom stereocenters. The van der Waals surface area contributed by atoms with E-state index in [-0.39, 0.29) is 6.54 Å². The summed E-state index contributed by atoms with van der Waals surface area (Å²) in [6.07, 6.45) is 0. The molecule has 0 radical (unpaired) electrons. The molecule has 0 saturated heterocycles. The van der Waals surface area contributed by atoms with Crippen molar-refractivity contribution in [3.8, 4) is 6.07 Å². The molecule has 5 nitrogen and oxygen atoms in total. The van der Waals surface area contributed by atoms with E-state index in [2.05, 4.69) is 4.74 Å². The summed E-state index contributed by atoms with van der Waals surface area (Å²) in [6, 6.07) is 1.87. The number of nitriles is 1. The van der Waals surface area contributed by atoms with Crippen molar-refractivity contribution in [2.45, 2.75) is 13.8 Å². The van der Waals surface area contributed by atoms with Crippen molar-refractivity contribution in [2.24, 2.45) is 5.41 Å². The highest BCUT2D eigenvalue weighted by atomic mass is 16.5.